The minimum Gasteiger partial charge on any atom is -0.383 e. The lowest BCUT2D eigenvalue weighted by Gasteiger charge is -2.41. The predicted molar refractivity (Wildman–Crippen MR) is 171 cm³/mol. The van der Waals surface area contributed by atoms with E-state index in [1.807, 2.05) is 19.2 Å². The number of hydrogen-bond donors (Lipinski definition) is 2. The van der Waals surface area contributed by atoms with Gasteiger partial charge in [-0.25, -0.2) is 15.0 Å². The molecule has 2 aliphatic rings. The molecule has 1 aliphatic heterocycles. The van der Waals surface area contributed by atoms with Crippen LogP contribution in [-0.2, 0) is 7.05 Å². The molecule has 0 bridgehead atoms. The number of nitrogens with zero attached hydrogens (tertiary/aromatic N) is 7. The Balaban J connectivity index is 1.13. The van der Waals surface area contributed by atoms with Crippen LogP contribution in [0.1, 0.15) is 37.3 Å². The quantitative estimate of drug-likeness (QED) is 0.262. The highest BCUT2D eigenvalue weighted by atomic mass is 35.5. The molecule has 42 heavy (non-hydrogen) atoms. The lowest BCUT2D eigenvalue weighted by atomic mass is 9.89. The van der Waals surface area contributed by atoms with Crippen molar-refractivity contribution in [1.29, 1.82) is 0 Å². The third kappa shape index (κ3) is 4.89. The van der Waals surface area contributed by atoms with Crippen molar-refractivity contribution in [2.45, 2.75) is 44.7 Å². The molecule has 218 valence electrons. The second kappa shape index (κ2) is 10.9. The lowest BCUT2D eigenvalue weighted by molar-refractivity contribution is 0.0828. The van der Waals surface area contributed by atoms with E-state index in [0.717, 1.165) is 63.2 Å². The normalized spacial score (nSPS) is 20.5. The second-order valence-electron chi connectivity index (χ2n) is 12.0. The van der Waals surface area contributed by atoms with Gasteiger partial charge < -0.3 is 25.1 Å². The molecular weight excluding hydrogens is 546 g/mol. The van der Waals surface area contributed by atoms with Gasteiger partial charge in [-0.3, -0.25) is 4.90 Å². The number of hydrogen-bond acceptors (Lipinski definition) is 7. The first kappa shape index (κ1) is 27.2. The van der Waals surface area contributed by atoms with E-state index >= 15 is 0 Å². The minimum atomic E-state index is 0.412. The van der Waals surface area contributed by atoms with Crippen LogP contribution in [0.5, 0.6) is 0 Å². The van der Waals surface area contributed by atoms with Crippen LogP contribution in [0.4, 0.5) is 17.5 Å². The molecular formula is C32H38ClN9. The zero-order chi connectivity index (χ0) is 29.0. The molecule has 0 spiro atoms. The molecule has 7 rings (SSSR count). The van der Waals surface area contributed by atoms with Crippen molar-refractivity contribution >= 4 is 51.1 Å². The van der Waals surface area contributed by atoms with Crippen LogP contribution in [0.2, 0.25) is 5.02 Å². The van der Waals surface area contributed by atoms with Crippen molar-refractivity contribution in [2.24, 2.45) is 7.05 Å². The molecule has 2 fully saturated rings. The number of aromatic nitrogens is 5. The Morgan fingerprint density at radius 3 is 2.38 bits per heavy atom. The maximum absolute atomic E-state index is 6.47. The van der Waals surface area contributed by atoms with E-state index in [2.05, 4.69) is 73.7 Å². The summed E-state index contributed by atoms with van der Waals surface area (Å²) < 4.78 is 4.43. The van der Waals surface area contributed by atoms with Gasteiger partial charge in [-0.05, 0) is 75.0 Å². The highest BCUT2D eigenvalue weighted by molar-refractivity contribution is 6.31. The van der Waals surface area contributed by atoms with Gasteiger partial charge in [0.2, 0.25) is 5.95 Å². The number of halogens is 1. The summed E-state index contributed by atoms with van der Waals surface area (Å²) in [4.78, 5) is 19.0. The number of fused-ring (bicyclic) bond motifs is 2. The summed E-state index contributed by atoms with van der Waals surface area (Å²) in [6.45, 7) is 6.76. The van der Waals surface area contributed by atoms with E-state index in [9.17, 15) is 0 Å². The van der Waals surface area contributed by atoms with E-state index in [0.29, 0.717) is 22.9 Å². The van der Waals surface area contributed by atoms with Crippen LogP contribution < -0.4 is 11.1 Å². The number of likely N-dealkylation sites (N-methyl/N-ethyl adjacent to an activating group) is 1. The number of rotatable bonds is 5. The van der Waals surface area contributed by atoms with Gasteiger partial charge in [0.05, 0.1) is 16.4 Å². The molecule has 1 saturated carbocycles. The summed E-state index contributed by atoms with van der Waals surface area (Å²) in [6.07, 6.45) is 8.57. The number of piperazine rings is 1. The monoisotopic (exact) mass is 583 g/mol. The first-order chi connectivity index (χ1) is 20.4. The number of benzene rings is 2. The molecule has 3 aromatic heterocycles. The Labute approximate surface area is 251 Å². The zero-order valence-corrected chi connectivity index (χ0v) is 25.3. The van der Waals surface area contributed by atoms with Crippen molar-refractivity contribution in [3.63, 3.8) is 0 Å². The highest BCUT2D eigenvalue weighted by Gasteiger charge is 2.30. The van der Waals surface area contributed by atoms with E-state index in [-0.39, 0.29) is 0 Å². The average molecular weight is 584 g/mol. The maximum atomic E-state index is 6.47. The predicted octanol–water partition coefficient (Wildman–Crippen LogP) is 6.00. The SMILES string of the molecule is Cc1cc(Cl)cc2nc(Nc3ccc(-c4cn(C5CCC(N6CCN(C)CC6)CC5)c5ncnc(N)c45)cc3)n(C)c12. The zero-order valence-electron chi connectivity index (χ0n) is 24.5. The molecule has 4 heterocycles. The molecule has 0 atom stereocenters. The molecule has 1 aliphatic carbocycles. The Morgan fingerprint density at radius 1 is 0.929 bits per heavy atom. The summed E-state index contributed by atoms with van der Waals surface area (Å²) in [5, 5.41) is 5.10. The van der Waals surface area contributed by atoms with Crippen molar-refractivity contribution in [1.82, 2.24) is 33.9 Å². The third-order valence-corrected chi connectivity index (χ3v) is 9.55. The van der Waals surface area contributed by atoms with Crippen molar-refractivity contribution in [2.75, 3.05) is 44.3 Å². The largest absolute Gasteiger partial charge is 0.383 e. The van der Waals surface area contributed by atoms with Crippen molar-refractivity contribution in [3.05, 3.63) is 59.5 Å². The molecule has 5 aromatic rings. The number of nitrogens with two attached hydrogens (primary N) is 1. The van der Waals surface area contributed by atoms with Gasteiger partial charge in [0, 0.05) is 67.8 Å². The van der Waals surface area contributed by atoms with Crippen LogP contribution in [0.15, 0.2) is 48.9 Å². The summed E-state index contributed by atoms with van der Waals surface area (Å²) in [6, 6.07) is 13.4. The molecule has 9 nitrogen and oxygen atoms in total. The number of aryl methyl sites for hydroxylation is 2. The Hall–Kier alpha value is -3.66. The lowest BCUT2D eigenvalue weighted by Crippen LogP contribution is -2.49. The number of nitrogens with one attached hydrogen (secondary N) is 1. The standard InChI is InChI=1S/C32H38ClN9/c1-20-16-22(33)17-27-29(20)40(3)32(38-27)37-23-6-4-21(5-7-23)26-18-42(31-28(26)30(34)35-19-36-31)25-10-8-24(9-11-25)41-14-12-39(2)13-15-41/h4-7,16-19,24-25H,8-15H2,1-3H3,(H,37,38)(H2,34,35,36). The van der Waals surface area contributed by atoms with Gasteiger partial charge >= 0.3 is 0 Å². The average Bonchev–Trinajstić information content (AvgIpc) is 3.52. The van der Waals surface area contributed by atoms with Gasteiger partial charge in [0.15, 0.2) is 0 Å². The first-order valence-electron chi connectivity index (χ1n) is 14.9. The third-order valence-electron chi connectivity index (χ3n) is 9.33. The smallest absolute Gasteiger partial charge is 0.208 e. The van der Waals surface area contributed by atoms with E-state index in [1.165, 1.54) is 39.0 Å². The first-order valence-corrected chi connectivity index (χ1v) is 15.3. The van der Waals surface area contributed by atoms with Gasteiger partial charge in [-0.1, -0.05) is 23.7 Å². The van der Waals surface area contributed by atoms with Crippen LogP contribution in [0.25, 0.3) is 33.2 Å². The minimum absolute atomic E-state index is 0.412. The number of imidazole rings is 1. The van der Waals surface area contributed by atoms with Crippen molar-refractivity contribution in [3.8, 4) is 11.1 Å². The fraction of sp³-hybridized carbons (Fsp3) is 0.406. The summed E-state index contributed by atoms with van der Waals surface area (Å²) >= 11 is 6.28. The molecule has 2 aromatic carbocycles. The fourth-order valence-corrected chi connectivity index (χ4v) is 7.27. The molecule has 0 amide bonds. The van der Waals surface area contributed by atoms with E-state index in [1.54, 1.807) is 6.33 Å². The summed E-state index contributed by atoms with van der Waals surface area (Å²) in [7, 11) is 4.24. The summed E-state index contributed by atoms with van der Waals surface area (Å²) in [5.74, 6) is 1.29. The molecule has 3 N–H and O–H groups in total. The van der Waals surface area contributed by atoms with Crippen LogP contribution in [0, 0.1) is 6.92 Å². The number of anilines is 3. The van der Waals surface area contributed by atoms with Crippen molar-refractivity contribution < 1.29 is 0 Å². The Bertz CT molecular complexity index is 1740. The maximum Gasteiger partial charge on any atom is 0.208 e. The van der Waals surface area contributed by atoms with Crippen LogP contribution >= 0.6 is 11.6 Å². The van der Waals surface area contributed by atoms with Crippen LogP contribution in [-0.4, -0.2) is 73.2 Å². The molecule has 10 heteroatoms. The molecule has 0 radical (unpaired) electrons. The van der Waals surface area contributed by atoms with Crippen LogP contribution in [0.3, 0.4) is 0 Å². The molecule has 0 unspecified atom stereocenters. The second-order valence-corrected chi connectivity index (χ2v) is 12.4. The van der Waals surface area contributed by atoms with E-state index in [4.69, 9.17) is 27.3 Å². The van der Waals surface area contributed by atoms with Gasteiger partial charge in [0.1, 0.15) is 17.8 Å². The van der Waals surface area contributed by atoms with Gasteiger partial charge in [0.25, 0.3) is 0 Å². The van der Waals surface area contributed by atoms with Gasteiger partial charge in [-0.2, -0.15) is 0 Å². The topological polar surface area (TPSA) is 93.1 Å². The molecule has 1 saturated heterocycles. The fourth-order valence-electron chi connectivity index (χ4n) is 7.00. The number of nitrogen functional groups attached to an aromatic ring is 1. The Morgan fingerprint density at radius 2 is 1.64 bits per heavy atom. The van der Waals surface area contributed by atoms with Gasteiger partial charge in [-0.15, -0.1) is 0 Å². The Kier molecular flexibility index (Phi) is 7.04. The summed E-state index contributed by atoms with van der Waals surface area (Å²) in [5.41, 5.74) is 13.6. The highest BCUT2D eigenvalue weighted by Crippen LogP contribution is 2.39. The van der Waals surface area contributed by atoms with E-state index < -0.39 is 0 Å².